The molecule has 0 heterocycles. The summed E-state index contributed by atoms with van der Waals surface area (Å²) in [6, 6.07) is -1.42. The summed E-state index contributed by atoms with van der Waals surface area (Å²) in [6.07, 6.45) is 38.0. The van der Waals surface area contributed by atoms with Crippen LogP contribution in [-0.4, -0.2) is 132 Å². The van der Waals surface area contributed by atoms with Crippen LogP contribution >= 0.6 is 15.6 Å². The van der Waals surface area contributed by atoms with Crippen molar-refractivity contribution in [2.75, 3.05) is 72.6 Å². The second-order valence-electron chi connectivity index (χ2n) is 26.3. The van der Waals surface area contributed by atoms with Gasteiger partial charge < -0.3 is 44.8 Å². The Morgan fingerprint density at radius 1 is 0.404 bits per heavy atom. The third-order valence-corrected chi connectivity index (χ3v) is 17.3. The van der Waals surface area contributed by atoms with E-state index in [1.807, 2.05) is 6.92 Å². The number of esters is 2. The summed E-state index contributed by atoms with van der Waals surface area (Å²) in [5.41, 5.74) is 4.07. The van der Waals surface area contributed by atoms with Crippen LogP contribution in [0.4, 0.5) is 9.59 Å². The molecule has 0 aromatic rings. The molecule has 21 nitrogen and oxygen atoms in total. The minimum absolute atomic E-state index is 0.0146. The summed E-state index contributed by atoms with van der Waals surface area (Å²) >= 11 is 0. The Balaban J connectivity index is 0. The Labute approximate surface area is 571 Å². The number of amides is 2. The molecule has 0 aromatic heterocycles. The van der Waals surface area contributed by atoms with Crippen LogP contribution in [0.5, 0.6) is 0 Å². The molecule has 0 aliphatic heterocycles. The van der Waals surface area contributed by atoms with Gasteiger partial charge in [0.05, 0.1) is 78.2 Å². The van der Waals surface area contributed by atoms with E-state index in [1.54, 1.807) is 41.5 Å². The average molecular weight is 1380 g/mol. The van der Waals surface area contributed by atoms with E-state index in [0.29, 0.717) is 45.3 Å². The molecule has 23 heteroatoms. The van der Waals surface area contributed by atoms with E-state index >= 15 is 0 Å². The number of hydrogen-bond acceptors (Lipinski definition) is 19. The minimum Gasteiger partial charge on any atom is -0.462 e. The Bertz CT molecular complexity index is 1810. The first-order chi connectivity index (χ1) is 45.0. The fraction of sp³-hybridized carbons (Fsp3) is 0.887. The lowest BCUT2D eigenvalue weighted by Crippen LogP contribution is -2.44. The van der Waals surface area contributed by atoms with Gasteiger partial charge in [-0.15, -0.1) is 13.2 Å². The van der Waals surface area contributed by atoms with Gasteiger partial charge in [0.15, 0.2) is 0 Å². The van der Waals surface area contributed by atoms with Crippen LogP contribution in [0.1, 0.15) is 301 Å². The van der Waals surface area contributed by atoms with E-state index < -0.39 is 51.1 Å². The quantitative estimate of drug-likeness (QED) is 0.0168. The molecule has 0 aliphatic carbocycles. The van der Waals surface area contributed by atoms with Crippen molar-refractivity contribution in [1.82, 2.24) is 10.6 Å². The minimum atomic E-state index is -3.96. The molecular weight excluding hydrogens is 1240 g/mol. The van der Waals surface area contributed by atoms with Crippen LogP contribution in [0, 0.1) is 0 Å². The maximum Gasteiger partial charge on any atom is 0.475 e. The molecule has 0 radical (unpaired) electrons. The van der Waals surface area contributed by atoms with E-state index in [9.17, 15) is 28.3 Å². The zero-order valence-corrected chi connectivity index (χ0v) is 63.0. The maximum absolute atomic E-state index is 13.1. The Hall–Kier alpha value is -2.94. The first kappa shape index (κ1) is 93.1. The van der Waals surface area contributed by atoms with Gasteiger partial charge in [-0.2, -0.15) is 0 Å². The van der Waals surface area contributed by atoms with Gasteiger partial charge in [0.1, 0.15) is 23.4 Å². The number of nitrogens with one attached hydrogen (secondary N) is 2. The van der Waals surface area contributed by atoms with Crippen LogP contribution in [0.2, 0.25) is 0 Å². The fourth-order valence-corrected chi connectivity index (χ4v) is 11.9. The molecule has 0 aliphatic rings. The molecular formula is C71H139N3O18P2. The monoisotopic (exact) mass is 1380 g/mol. The van der Waals surface area contributed by atoms with Crippen LogP contribution < -0.4 is 16.4 Å². The number of carbonyl (C=O) groups excluding carboxylic acids is 4. The number of hydrogen-bond donors (Lipinski definition) is 3. The summed E-state index contributed by atoms with van der Waals surface area (Å²) < 4.78 is 92.8. The van der Waals surface area contributed by atoms with E-state index in [1.165, 1.54) is 128 Å². The molecule has 0 spiro atoms. The summed E-state index contributed by atoms with van der Waals surface area (Å²) in [7, 11) is -7.84. The number of unbranched alkanes of at least 4 members (excludes halogenated alkanes) is 24. The van der Waals surface area contributed by atoms with Crippen molar-refractivity contribution >= 4 is 39.8 Å². The molecule has 0 saturated carbocycles. The van der Waals surface area contributed by atoms with Gasteiger partial charge in [0.2, 0.25) is 0 Å². The molecule has 6 atom stereocenters. The summed E-state index contributed by atoms with van der Waals surface area (Å²) in [6.45, 7) is 28.9. The van der Waals surface area contributed by atoms with E-state index in [2.05, 4.69) is 51.5 Å². The van der Waals surface area contributed by atoms with Gasteiger partial charge in [0, 0.05) is 32.2 Å². The van der Waals surface area contributed by atoms with E-state index in [0.717, 1.165) is 77.0 Å². The van der Waals surface area contributed by atoms with Gasteiger partial charge >= 0.3 is 39.8 Å². The zero-order valence-electron chi connectivity index (χ0n) is 61.2. The highest BCUT2D eigenvalue weighted by Crippen LogP contribution is 2.50. The summed E-state index contributed by atoms with van der Waals surface area (Å²) in [4.78, 5) is 50.5. The Morgan fingerprint density at radius 2 is 0.723 bits per heavy atom. The summed E-state index contributed by atoms with van der Waals surface area (Å²) in [5.74, 6) is -0.302. The smallest absolute Gasteiger partial charge is 0.462 e. The third-order valence-electron chi connectivity index (χ3n) is 14.5. The van der Waals surface area contributed by atoms with Crippen molar-refractivity contribution in [3.63, 3.8) is 0 Å². The third kappa shape index (κ3) is 62.6. The first-order valence-electron chi connectivity index (χ1n) is 36.5. The largest absolute Gasteiger partial charge is 0.475 e. The number of phosphoric acid groups is 2. The van der Waals surface area contributed by atoms with Crippen LogP contribution in [-0.2, 0) is 74.3 Å². The lowest BCUT2D eigenvalue weighted by molar-refractivity contribution is -0.151. The van der Waals surface area contributed by atoms with E-state index in [4.69, 9.17) is 61.3 Å². The van der Waals surface area contributed by atoms with Gasteiger partial charge in [0.25, 0.3) is 0 Å². The van der Waals surface area contributed by atoms with Crippen LogP contribution in [0.25, 0.3) is 0 Å². The highest BCUT2D eigenvalue weighted by Gasteiger charge is 2.31. The molecule has 94 heavy (non-hydrogen) atoms. The molecule has 0 saturated heterocycles. The number of rotatable bonds is 64. The molecule has 2 unspecified atom stereocenters. The van der Waals surface area contributed by atoms with Crippen molar-refractivity contribution in [3.8, 4) is 0 Å². The normalized spacial score (nSPS) is 14.3. The van der Waals surface area contributed by atoms with Crippen molar-refractivity contribution in [2.45, 2.75) is 336 Å². The average Bonchev–Trinajstić information content (AvgIpc) is 1.08. The predicted molar refractivity (Wildman–Crippen MR) is 378 cm³/mol. The maximum atomic E-state index is 13.1. The molecule has 0 bridgehead atoms. The van der Waals surface area contributed by atoms with Crippen LogP contribution in [0.3, 0.4) is 0 Å². The predicted octanol–water partition coefficient (Wildman–Crippen LogP) is 19.0. The second-order valence-corrected chi connectivity index (χ2v) is 29.6. The second kappa shape index (κ2) is 62.3. The van der Waals surface area contributed by atoms with Crippen LogP contribution in [0.15, 0.2) is 25.3 Å². The number of alkyl carbamates (subject to hydrolysis) is 2. The number of ether oxygens (including phenoxy) is 6. The lowest BCUT2D eigenvalue weighted by atomic mass is 10.1. The zero-order chi connectivity index (χ0) is 70.5. The van der Waals surface area contributed by atoms with Crippen molar-refractivity contribution in [2.24, 2.45) is 5.73 Å². The molecule has 0 rings (SSSR count). The van der Waals surface area contributed by atoms with E-state index in [-0.39, 0.29) is 83.5 Å². The van der Waals surface area contributed by atoms with Gasteiger partial charge in [-0.25, -0.2) is 18.7 Å². The van der Waals surface area contributed by atoms with Gasteiger partial charge in [-0.3, -0.25) is 36.7 Å². The van der Waals surface area contributed by atoms with Crippen molar-refractivity contribution in [3.05, 3.63) is 25.3 Å². The molecule has 0 fully saturated rings. The first-order valence-corrected chi connectivity index (χ1v) is 39.4. The lowest BCUT2D eigenvalue weighted by Gasteiger charge is -2.25. The van der Waals surface area contributed by atoms with Gasteiger partial charge in [-0.05, 0) is 86.5 Å². The molecule has 2 amide bonds. The SMILES string of the molecule is C=CCOP(=O)(OCCC)OC[C@@H](COCC[C@@H](CCCCCCC)OC(=O)CCCCCCCCCCC)NC(=O)OC(C)(C)C.C=CCOP(=O)(OCCN)OC[C@@H](COCC[C@@H](CCCCCCC)OC(=O)CCCCCCCCCCC)NC(=O)OC(C)(C)C. The van der Waals surface area contributed by atoms with Gasteiger partial charge in [-0.1, -0.05) is 201 Å². The highest BCUT2D eigenvalue weighted by atomic mass is 31.2. The number of nitrogens with two attached hydrogens (primary N) is 1. The van der Waals surface area contributed by atoms with Crippen molar-refractivity contribution < 1.29 is 83.9 Å². The molecule has 0 aromatic carbocycles. The topological polar surface area (TPSA) is 263 Å². The fourth-order valence-electron chi connectivity index (χ4n) is 9.46. The standard InChI is InChI=1S/C36H70NO9P.C35H69N2O9P/c1-8-12-14-16-17-18-19-21-23-25-34(38)45-33(24-22-20-15-13-9-2)26-29-41-30-32(37-35(39)46-36(5,6)7)31-44-47(40,42-27-10-3)43-28-11-4;1-7-10-12-14-15-16-17-19-21-23-33(38)45-32(22-20-18-13-11-8-2)24-27-41-29-31(37-34(39)46-35(4,5)6)30-44-47(40,42-26-9-3)43-28-25-36/h10,32-33H,3,8-9,11-31H2,1-2,4-7H3,(H,37,39);9,31-32H,3,7-8,10-30,36H2,1-2,4-6H3,(H,37,39)/t32-,33-,47?;31-,32-,47?/m11/s1. The molecule has 4 N–H and O–H groups in total. The number of carbonyl (C=O) groups is 4. The summed E-state index contributed by atoms with van der Waals surface area (Å²) in [5, 5.41) is 5.44. The number of phosphoric ester groups is 2. The Morgan fingerprint density at radius 3 is 1.03 bits per heavy atom. The van der Waals surface area contributed by atoms with Crippen molar-refractivity contribution in [1.29, 1.82) is 0 Å². The highest BCUT2D eigenvalue weighted by molar-refractivity contribution is 7.48. The Kier molecular flexibility index (Phi) is 61.7. The molecule has 556 valence electrons.